The van der Waals surface area contributed by atoms with Crippen LogP contribution in [0.25, 0.3) is 21.9 Å². The first-order valence-electron chi connectivity index (χ1n) is 15.2. The standard InChI is InChI=1S/C31H41FN6O.C2H6/c1-5-6-14-34-29-28-27(36-30(33)37-29)24-16-22(32)10-11-25(24)38(28)19-21-15-20(9-12-26(21)39-4)18-35-23-8-7-13-31(2,3)17-23;1-2/h9-12,15-16,23,35H,5-8,13-14,17-19H2,1-4H3,(H3,33,34,36,37);1-2H3. The van der Waals surface area contributed by atoms with Crippen molar-refractivity contribution >= 4 is 33.7 Å². The average molecular weight is 563 g/mol. The summed E-state index contributed by atoms with van der Waals surface area (Å²) < 4.78 is 22.3. The van der Waals surface area contributed by atoms with Crippen molar-refractivity contribution in [2.75, 3.05) is 24.7 Å². The van der Waals surface area contributed by atoms with Crippen LogP contribution in [0.5, 0.6) is 5.75 Å². The molecule has 0 aliphatic heterocycles. The van der Waals surface area contributed by atoms with Crippen LogP contribution in [0.15, 0.2) is 36.4 Å². The van der Waals surface area contributed by atoms with E-state index in [1.807, 2.05) is 19.9 Å². The van der Waals surface area contributed by atoms with Crippen LogP contribution in [0.4, 0.5) is 16.2 Å². The van der Waals surface area contributed by atoms with Gasteiger partial charge in [0.1, 0.15) is 22.6 Å². The summed E-state index contributed by atoms with van der Waals surface area (Å²) in [5.74, 6) is 1.34. The molecular weight excluding hydrogens is 515 g/mol. The first-order valence-corrected chi connectivity index (χ1v) is 15.2. The van der Waals surface area contributed by atoms with E-state index in [1.54, 1.807) is 13.2 Å². The summed E-state index contributed by atoms with van der Waals surface area (Å²) in [7, 11) is 1.70. The molecule has 4 N–H and O–H groups in total. The lowest BCUT2D eigenvalue weighted by atomic mass is 9.75. The average Bonchev–Trinajstić information content (AvgIpc) is 3.25. The predicted octanol–water partition coefficient (Wildman–Crippen LogP) is 7.66. The Hall–Kier alpha value is -3.39. The van der Waals surface area contributed by atoms with E-state index in [9.17, 15) is 4.39 Å². The van der Waals surface area contributed by atoms with Gasteiger partial charge in [-0.3, -0.25) is 0 Å². The van der Waals surface area contributed by atoms with Crippen LogP contribution in [0.1, 0.15) is 84.3 Å². The molecule has 1 aliphatic rings. The van der Waals surface area contributed by atoms with Crippen molar-refractivity contribution in [2.45, 2.75) is 92.3 Å². The number of methoxy groups -OCH3 is 1. The number of rotatable bonds is 10. The molecule has 1 unspecified atom stereocenters. The first-order chi connectivity index (χ1) is 19.8. The highest BCUT2D eigenvalue weighted by atomic mass is 19.1. The molecule has 0 amide bonds. The van der Waals surface area contributed by atoms with Gasteiger partial charge < -0.3 is 25.7 Å². The van der Waals surface area contributed by atoms with Gasteiger partial charge >= 0.3 is 0 Å². The molecule has 222 valence electrons. The van der Waals surface area contributed by atoms with E-state index >= 15 is 0 Å². The summed E-state index contributed by atoms with van der Waals surface area (Å²) in [6.45, 7) is 13.0. The lowest BCUT2D eigenvalue weighted by molar-refractivity contribution is 0.198. The molecular formula is C33H47FN6O. The SMILES string of the molecule is CC.CCCCNc1nc(N)nc2c3cc(F)ccc3n(Cc3cc(CNC4CCCC(C)(C)C4)ccc3OC)c12. The van der Waals surface area contributed by atoms with Crippen molar-refractivity contribution in [2.24, 2.45) is 5.41 Å². The van der Waals surface area contributed by atoms with E-state index in [-0.39, 0.29) is 11.8 Å². The fourth-order valence-electron chi connectivity index (χ4n) is 6.01. The summed E-state index contributed by atoms with van der Waals surface area (Å²) in [6, 6.07) is 11.7. The predicted molar refractivity (Wildman–Crippen MR) is 169 cm³/mol. The van der Waals surface area contributed by atoms with Crippen LogP contribution in [-0.2, 0) is 13.1 Å². The molecule has 2 aromatic carbocycles. The van der Waals surface area contributed by atoms with Crippen LogP contribution >= 0.6 is 0 Å². The van der Waals surface area contributed by atoms with E-state index in [4.69, 9.17) is 10.5 Å². The van der Waals surface area contributed by atoms with E-state index in [0.29, 0.717) is 34.7 Å². The number of ether oxygens (including phenoxy) is 1. The molecule has 0 radical (unpaired) electrons. The van der Waals surface area contributed by atoms with Gasteiger partial charge in [-0.15, -0.1) is 0 Å². The van der Waals surface area contributed by atoms with Gasteiger partial charge in [0.2, 0.25) is 5.95 Å². The maximum atomic E-state index is 14.4. The fourth-order valence-corrected chi connectivity index (χ4v) is 6.01. The topological polar surface area (TPSA) is 90.0 Å². The normalized spacial score (nSPS) is 16.4. The van der Waals surface area contributed by atoms with E-state index in [1.165, 1.54) is 43.4 Å². The van der Waals surface area contributed by atoms with Crippen molar-refractivity contribution in [3.63, 3.8) is 0 Å². The number of unbranched alkanes of at least 4 members (excludes halogenated alkanes) is 1. The third-order valence-corrected chi connectivity index (χ3v) is 7.97. The largest absolute Gasteiger partial charge is 0.496 e. The third-order valence-electron chi connectivity index (χ3n) is 7.97. The minimum absolute atomic E-state index is 0.168. The number of fused-ring (bicyclic) bond motifs is 3. The fraction of sp³-hybridized carbons (Fsp3) is 0.515. The van der Waals surface area contributed by atoms with Crippen molar-refractivity contribution in [1.82, 2.24) is 19.9 Å². The molecule has 1 atom stereocenters. The second-order valence-corrected chi connectivity index (χ2v) is 11.6. The van der Waals surface area contributed by atoms with Crippen LogP contribution in [0.2, 0.25) is 0 Å². The molecule has 1 saturated carbocycles. The Labute approximate surface area is 244 Å². The Morgan fingerprint density at radius 3 is 2.68 bits per heavy atom. The zero-order chi connectivity index (χ0) is 29.6. The number of nitrogen functional groups attached to an aromatic ring is 1. The Morgan fingerprint density at radius 2 is 1.95 bits per heavy atom. The lowest BCUT2D eigenvalue weighted by Crippen LogP contribution is -2.36. The zero-order valence-electron chi connectivity index (χ0n) is 25.6. The molecule has 2 aromatic heterocycles. The van der Waals surface area contributed by atoms with Crippen LogP contribution in [-0.4, -0.2) is 34.2 Å². The van der Waals surface area contributed by atoms with Crippen molar-refractivity contribution < 1.29 is 9.13 Å². The molecule has 7 nitrogen and oxygen atoms in total. The minimum atomic E-state index is -0.309. The maximum absolute atomic E-state index is 14.4. The summed E-state index contributed by atoms with van der Waals surface area (Å²) >= 11 is 0. The minimum Gasteiger partial charge on any atom is -0.496 e. The van der Waals surface area contributed by atoms with Gasteiger partial charge in [0, 0.05) is 30.1 Å². The summed E-state index contributed by atoms with van der Waals surface area (Å²) in [6.07, 6.45) is 7.05. The molecule has 2 heterocycles. The number of nitrogens with two attached hydrogens (primary N) is 1. The first kappa shape index (κ1) is 30.6. The van der Waals surface area contributed by atoms with Crippen molar-refractivity contribution in [3.8, 4) is 5.75 Å². The van der Waals surface area contributed by atoms with Gasteiger partial charge in [0.05, 0.1) is 19.2 Å². The van der Waals surface area contributed by atoms with E-state index in [2.05, 4.69) is 58.1 Å². The maximum Gasteiger partial charge on any atom is 0.222 e. The number of aromatic nitrogens is 3. The van der Waals surface area contributed by atoms with E-state index < -0.39 is 0 Å². The third kappa shape index (κ3) is 7.10. The van der Waals surface area contributed by atoms with Gasteiger partial charge in [-0.05, 0) is 67.0 Å². The zero-order valence-corrected chi connectivity index (χ0v) is 25.6. The highest BCUT2D eigenvalue weighted by Crippen LogP contribution is 2.36. The van der Waals surface area contributed by atoms with Crippen LogP contribution in [0, 0.1) is 11.2 Å². The number of benzene rings is 2. The number of hydrogen-bond donors (Lipinski definition) is 3. The van der Waals surface area contributed by atoms with Crippen LogP contribution < -0.4 is 21.1 Å². The Balaban J connectivity index is 0.00000189. The van der Waals surface area contributed by atoms with Gasteiger partial charge in [-0.2, -0.15) is 4.98 Å². The summed E-state index contributed by atoms with van der Waals surface area (Å²) in [4.78, 5) is 9.09. The van der Waals surface area contributed by atoms with Crippen LogP contribution in [0.3, 0.4) is 0 Å². The molecule has 4 aromatic rings. The Kier molecular flexibility index (Phi) is 10.1. The second-order valence-electron chi connectivity index (χ2n) is 11.6. The smallest absolute Gasteiger partial charge is 0.222 e. The van der Waals surface area contributed by atoms with Crippen molar-refractivity contribution in [1.29, 1.82) is 0 Å². The van der Waals surface area contributed by atoms with Gasteiger partial charge in [-0.1, -0.05) is 53.5 Å². The van der Waals surface area contributed by atoms with Crippen molar-refractivity contribution in [3.05, 3.63) is 53.3 Å². The monoisotopic (exact) mass is 562 g/mol. The Morgan fingerprint density at radius 1 is 1.15 bits per heavy atom. The summed E-state index contributed by atoms with van der Waals surface area (Å²) in [5, 5.41) is 7.96. The molecule has 0 saturated heterocycles. The number of halogens is 1. The highest BCUT2D eigenvalue weighted by molar-refractivity contribution is 6.09. The molecule has 41 heavy (non-hydrogen) atoms. The molecule has 0 bridgehead atoms. The van der Waals surface area contributed by atoms with Gasteiger partial charge in [0.25, 0.3) is 0 Å². The lowest BCUT2D eigenvalue weighted by Gasteiger charge is -2.35. The molecule has 1 aliphatic carbocycles. The Bertz CT molecular complexity index is 1460. The van der Waals surface area contributed by atoms with E-state index in [0.717, 1.165) is 48.3 Å². The molecule has 8 heteroatoms. The highest BCUT2D eigenvalue weighted by Gasteiger charge is 2.27. The molecule has 5 rings (SSSR count). The summed E-state index contributed by atoms with van der Waals surface area (Å²) in [5.41, 5.74) is 11.1. The number of nitrogens with one attached hydrogen (secondary N) is 2. The molecule has 1 fully saturated rings. The number of nitrogens with zero attached hydrogens (tertiary/aromatic N) is 3. The second kappa shape index (κ2) is 13.5. The number of hydrogen-bond acceptors (Lipinski definition) is 6. The quantitative estimate of drug-likeness (QED) is 0.172. The van der Waals surface area contributed by atoms with Gasteiger partial charge in [-0.25, -0.2) is 9.37 Å². The van der Waals surface area contributed by atoms with Gasteiger partial charge in [0.15, 0.2) is 5.82 Å². The molecule has 0 spiro atoms. The number of anilines is 2.